The molecule has 4 nitrogen and oxygen atoms in total. The Bertz CT molecular complexity index is 197. The Kier molecular flexibility index (Phi) is 2.25. The fraction of sp³-hybridized carbons (Fsp3) is 0.429. The molecule has 1 aliphatic rings. The van der Waals surface area contributed by atoms with E-state index in [4.69, 9.17) is 0 Å². The molecule has 0 bridgehead atoms. The molecule has 0 unspecified atom stereocenters. The lowest BCUT2D eigenvalue weighted by atomic mass is 10.2. The number of allylic oxidation sites excluding steroid dienone is 1. The molecular formula is C7H8O4. The summed E-state index contributed by atoms with van der Waals surface area (Å²) in [6.45, 7) is 1.77. The summed E-state index contributed by atoms with van der Waals surface area (Å²) in [4.78, 5) is 20.7. The lowest BCUT2D eigenvalue weighted by Gasteiger charge is -2.02. The Morgan fingerprint density at radius 1 is 1.36 bits per heavy atom. The summed E-state index contributed by atoms with van der Waals surface area (Å²) in [5.41, 5.74) is 0. The molecule has 0 amide bonds. The van der Waals surface area contributed by atoms with Crippen molar-refractivity contribution in [1.82, 2.24) is 0 Å². The highest BCUT2D eigenvalue weighted by atomic mass is 16.8. The molecule has 1 fully saturated rings. The summed E-state index contributed by atoms with van der Waals surface area (Å²) < 4.78 is 9.12. The first-order valence-electron chi connectivity index (χ1n) is 3.23. The van der Waals surface area contributed by atoms with Crippen LogP contribution in [0, 0.1) is 0 Å². The lowest BCUT2D eigenvalue weighted by Crippen LogP contribution is -2.21. The summed E-state index contributed by atoms with van der Waals surface area (Å²) in [7, 11) is 0. The molecule has 0 spiro atoms. The van der Waals surface area contributed by atoms with Crippen LogP contribution in [-0.2, 0) is 14.3 Å². The quantitative estimate of drug-likeness (QED) is 0.335. The molecule has 1 saturated heterocycles. The second-order valence-electron chi connectivity index (χ2n) is 2.08. The van der Waals surface area contributed by atoms with Crippen molar-refractivity contribution in [3.05, 3.63) is 12.2 Å². The Balaban J connectivity index is 2.64. The molecule has 1 heterocycles. The predicted molar refractivity (Wildman–Crippen MR) is 36.0 cm³/mol. The zero-order valence-corrected chi connectivity index (χ0v) is 6.02. The van der Waals surface area contributed by atoms with E-state index in [0.29, 0.717) is 6.29 Å². The molecule has 0 aromatic carbocycles. The highest BCUT2D eigenvalue weighted by Crippen LogP contribution is 2.14. The van der Waals surface area contributed by atoms with Gasteiger partial charge in [0.25, 0.3) is 0 Å². The fourth-order valence-corrected chi connectivity index (χ4v) is 0.828. The molecular weight excluding hydrogens is 148 g/mol. The molecule has 4 heteroatoms. The third-order valence-electron chi connectivity index (χ3n) is 1.30. The Labute approximate surface area is 63.8 Å². The first-order chi connectivity index (χ1) is 5.27. The van der Waals surface area contributed by atoms with E-state index in [1.165, 1.54) is 0 Å². The number of rotatable bonds is 2. The zero-order valence-electron chi connectivity index (χ0n) is 6.02. The van der Waals surface area contributed by atoms with Crippen LogP contribution in [0.15, 0.2) is 12.2 Å². The van der Waals surface area contributed by atoms with Crippen molar-refractivity contribution < 1.29 is 19.1 Å². The van der Waals surface area contributed by atoms with Crippen LogP contribution in [0.3, 0.4) is 0 Å². The highest BCUT2D eigenvalue weighted by Gasteiger charge is 2.34. The van der Waals surface area contributed by atoms with Gasteiger partial charge in [-0.2, -0.15) is 0 Å². The van der Waals surface area contributed by atoms with Crippen molar-refractivity contribution in [2.45, 2.75) is 19.1 Å². The van der Waals surface area contributed by atoms with Crippen LogP contribution in [0.2, 0.25) is 0 Å². The van der Waals surface area contributed by atoms with Gasteiger partial charge in [-0.15, -0.1) is 0 Å². The van der Waals surface area contributed by atoms with Crippen LogP contribution in [-0.4, -0.2) is 24.6 Å². The predicted octanol–water partition coefficient (Wildman–Crippen LogP) is 0.665. The van der Waals surface area contributed by atoms with E-state index >= 15 is 0 Å². The van der Waals surface area contributed by atoms with Crippen LogP contribution in [0.5, 0.6) is 0 Å². The fourth-order valence-electron chi connectivity index (χ4n) is 0.828. The summed E-state index contributed by atoms with van der Waals surface area (Å²) in [6, 6.07) is 0. The Morgan fingerprint density at radius 2 is 2.00 bits per heavy atom. The molecule has 1 aliphatic heterocycles. The van der Waals surface area contributed by atoms with E-state index in [1.54, 1.807) is 19.1 Å². The Morgan fingerprint density at radius 3 is 2.55 bits per heavy atom. The van der Waals surface area contributed by atoms with E-state index in [9.17, 15) is 9.59 Å². The molecule has 11 heavy (non-hydrogen) atoms. The maximum Gasteiger partial charge on any atom is 0.509 e. The van der Waals surface area contributed by atoms with Crippen molar-refractivity contribution in [3.8, 4) is 0 Å². The van der Waals surface area contributed by atoms with Crippen LogP contribution < -0.4 is 0 Å². The largest absolute Gasteiger partial charge is 0.509 e. The zero-order chi connectivity index (χ0) is 8.27. The van der Waals surface area contributed by atoms with Gasteiger partial charge in [-0.1, -0.05) is 6.08 Å². The van der Waals surface area contributed by atoms with Gasteiger partial charge in [0, 0.05) is 0 Å². The van der Waals surface area contributed by atoms with Crippen molar-refractivity contribution in [2.75, 3.05) is 0 Å². The topological polar surface area (TPSA) is 52.6 Å². The minimum atomic E-state index is -0.787. The summed E-state index contributed by atoms with van der Waals surface area (Å²) in [5, 5.41) is 0. The van der Waals surface area contributed by atoms with Crippen LogP contribution in [0.25, 0.3) is 0 Å². The van der Waals surface area contributed by atoms with Gasteiger partial charge in [0.1, 0.15) is 0 Å². The summed E-state index contributed by atoms with van der Waals surface area (Å²) in [5.74, 6) is 0. The molecule has 0 aromatic heterocycles. The van der Waals surface area contributed by atoms with E-state index in [-0.39, 0.29) is 0 Å². The second kappa shape index (κ2) is 3.18. The van der Waals surface area contributed by atoms with Gasteiger partial charge in [-0.05, 0) is 13.0 Å². The smallest absolute Gasteiger partial charge is 0.422 e. The van der Waals surface area contributed by atoms with Crippen molar-refractivity contribution in [1.29, 1.82) is 0 Å². The van der Waals surface area contributed by atoms with Gasteiger partial charge in [0.15, 0.2) is 12.4 Å². The van der Waals surface area contributed by atoms with Gasteiger partial charge in [-0.25, -0.2) is 4.79 Å². The Hall–Kier alpha value is -1.32. The lowest BCUT2D eigenvalue weighted by molar-refractivity contribution is -0.114. The molecule has 0 aromatic rings. The highest BCUT2D eigenvalue weighted by molar-refractivity contribution is 5.71. The SMILES string of the molecule is C/C=C/[C@@H]1OC(=O)O[C@@H]1C=O. The first-order valence-corrected chi connectivity index (χ1v) is 3.23. The molecule has 60 valence electrons. The maximum absolute atomic E-state index is 10.5. The third kappa shape index (κ3) is 1.58. The first kappa shape index (κ1) is 7.78. The number of ether oxygens (including phenoxy) is 2. The van der Waals surface area contributed by atoms with Gasteiger partial charge < -0.3 is 9.47 Å². The monoisotopic (exact) mass is 156 g/mol. The van der Waals surface area contributed by atoms with Gasteiger partial charge >= 0.3 is 6.16 Å². The van der Waals surface area contributed by atoms with E-state index < -0.39 is 18.4 Å². The van der Waals surface area contributed by atoms with Crippen LogP contribution in [0.1, 0.15) is 6.92 Å². The van der Waals surface area contributed by atoms with Crippen molar-refractivity contribution in [3.63, 3.8) is 0 Å². The number of aldehydes is 1. The number of cyclic esters (lactones) is 2. The maximum atomic E-state index is 10.5. The van der Waals surface area contributed by atoms with Crippen LogP contribution in [0.4, 0.5) is 4.79 Å². The second-order valence-corrected chi connectivity index (χ2v) is 2.08. The molecule has 0 N–H and O–H groups in total. The van der Waals surface area contributed by atoms with E-state index in [2.05, 4.69) is 9.47 Å². The molecule has 1 rings (SSSR count). The van der Waals surface area contributed by atoms with Crippen molar-refractivity contribution in [2.24, 2.45) is 0 Å². The van der Waals surface area contributed by atoms with E-state index in [1.807, 2.05) is 0 Å². The number of hydrogen-bond donors (Lipinski definition) is 0. The van der Waals surface area contributed by atoms with Crippen LogP contribution >= 0.6 is 0 Å². The average molecular weight is 156 g/mol. The van der Waals surface area contributed by atoms with Gasteiger partial charge in [0.2, 0.25) is 6.10 Å². The molecule has 0 radical (unpaired) electrons. The standard InChI is InChI=1S/C7H8O4/c1-2-3-5-6(4-8)11-7(9)10-5/h2-6H,1H3/b3-2+/t5-,6+/m0/s1. The van der Waals surface area contributed by atoms with Gasteiger partial charge in [0.05, 0.1) is 0 Å². The van der Waals surface area contributed by atoms with Crippen molar-refractivity contribution >= 4 is 12.4 Å². The number of carbonyl (C=O) groups is 2. The number of hydrogen-bond acceptors (Lipinski definition) is 4. The average Bonchev–Trinajstić information content (AvgIpc) is 2.32. The minimum absolute atomic E-state index is 0.551. The van der Waals surface area contributed by atoms with Gasteiger partial charge in [-0.3, -0.25) is 4.79 Å². The molecule has 2 atom stereocenters. The van der Waals surface area contributed by atoms with E-state index in [0.717, 1.165) is 0 Å². The minimum Gasteiger partial charge on any atom is -0.422 e. The summed E-state index contributed by atoms with van der Waals surface area (Å²) >= 11 is 0. The third-order valence-corrected chi connectivity index (χ3v) is 1.30. The molecule has 0 saturated carbocycles. The molecule has 0 aliphatic carbocycles. The normalized spacial score (nSPS) is 30.1. The number of carbonyl (C=O) groups excluding carboxylic acids is 2. The summed E-state index contributed by atoms with van der Waals surface area (Å²) in [6.07, 6.45) is 1.73.